The summed E-state index contributed by atoms with van der Waals surface area (Å²) >= 11 is 0. The number of Topliss-reactive ketones (excluding diaryl/α,β-unsaturated/α-hetero) is 1. The Labute approximate surface area is 242 Å². The van der Waals surface area contributed by atoms with Crippen LogP contribution in [0.1, 0.15) is 85.5 Å². The van der Waals surface area contributed by atoms with Crippen LogP contribution in [0.3, 0.4) is 0 Å². The van der Waals surface area contributed by atoms with Crippen molar-refractivity contribution in [3.8, 4) is 0 Å². The predicted octanol–water partition coefficient (Wildman–Crippen LogP) is 3.89. The molecule has 0 radical (unpaired) electrons. The highest BCUT2D eigenvalue weighted by atomic mass is 16.7. The number of cyclic esters (lactones) is 1. The maximum absolute atomic E-state index is 14.5. The minimum absolute atomic E-state index is 0.0505. The van der Waals surface area contributed by atoms with E-state index >= 15 is 0 Å². The van der Waals surface area contributed by atoms with Crippen LogP contribution in [0.2, 0.25) is 0 Å². The van der Waals surface area contributed by atoms with Crippen LogP contribution in [0.5, 0.6) is 0 Å². The summed E-state index contributed by atoms with van der Waals surface area (Å²) in [5, 5.41) is 10.6. The zero-order valence-electron chi connectivity index (χ0n) is 25.1. The van der Waals surface area contributed by atoms with Crippen LogP contribution in [0, 0.1) is 34.0 Å². The van der Waals surface area contributed by atoms with Gasteiger partial charge in [-0.1, -0.05) is 13.8 Å². The van der Waals surface area contributed by atoms with Gasteiger partial charge in [-0.25, -0.2) is 4.79 Å². The number of ketones is 1. The van der Waals surface area contributed by atoms with E-state index in [0.29, 0.717) is 24.2 Å². The molecule has 41 heavy (non-hydrogen) atoms. The minimum atomic E-state index is -0.934. The topological polar surface area (TPSA) is 118 Å². The van der Waals surface area contributed by atoms with Crippen LogP contribution in [-0.4, -0.2) is 73.4 Å². The number of carbonyl (C=O) groups excluding carboxylic acids is 3. The van der Waals surface area contributed by atoms with Crippen molar-refractivity contribution in [3.63, 3.8) is 0 Å². The van der Waals surface area contributed by atoms with Gasteiger partial charge < -0.3 is 28.8 Å². The molecule has 9 nitrogen and oxygen atoms in total. The van der Waals surface area contributed by atoms with Gasteiger partial charge in [0.15, 0.2) is 12.4 Å². The van der Waals surface area contributed by atoms with Gasteiger partial charge in [0.1, 0.15) is 24.6 Å². The first-order valence-electron chi connectivity index (χ1n) is 15.5. The Bertz CT molecular complexity index is 1120. The molecular weight excluding hydrogens is 528 g/mol. The van der Waals surface area contributed by atoms with E-state index in [-0.39, 0.29) is 28.8 Å². The standard InChI is InChI=1S/C32H46O9/c1-17-25(35)26(37-5)27(40-18(2)33)28(39-17)41-21-7-10-30(3)20(15-21)6-12-32-13-8-22(19-14-24(34)38-16-19)31(4,29(32)36)11-9-23(30)32/h14,17,20-23,25-28,35H,6-13,15-16H2,1-5H3. The number of hydrogen-bond donors (Lipinski definition) is 1. The van der Waals surface area contributed by atoms with Crippen molar-refractivity contribution in [2.75, 3.05) is 13.7 Å². The number of aliphatic hydroxyl groups is 1. The van der Waals surface area contributed by atoms with Gasteiger partial charge in [-0.3, -0.25) is 9.59 Å². The molecule has 9 heteroatoms. The average molecular weight is 575 g/mol. The van der Waals surface area contributed by atoms with Crippen molar-refractivity contribution in [2.24, 2.45) is 34.0 Å². The number of aliphatic hydroxyl groups excluding tert-OH is 1. The highest BCUT2D eigenvalue weighted by Crippen LogP contribution is 2.70. The molecule has 2 aliphatic heterocycles. The number of fused-ring (bicyclic) bond motifs is 3. The summed E-state index contributed by atoms with van der Waals surface area (Å²) in [4.78, 5) is 38.2. The summed E-state index contributed by atoms with van der Waals surface area (Å²) < 4.78 is 28.8. The summed E-state index contributed by atoms with van der Waals surface area (Å²) in [7, 11) is 1.49. The van der Waals surface area contributed by atoms with E-state index in [9.17, 15) is 19.5 Å². The number of rotatable bonds is 5. The zero-order valence-corrected chi connectivity index (χ0v) is 25.1. The third-order valence-corrected chi connectivity index (χ3v) is 12.2. The molecule has 12 unspecified atom stereocenters. The van der Waals surface area contributed by atoms with E-state index in [4.69, 9.17) is 23.7 Å². The van der Waals surface area contributed by atoms with Crippen molar-refractivity contribution in [3.05, 3.63) is 11.6 Å². The van der Waals surface area contributed by atoms with E-state index in [1.807, 2.05) is 0 Å². The first kappa shape index (κ1) is 29.3. The summed E-state index contributed by atoms with van der Waals surface area (Å²) in [6, 6.07) is 0. The lowest BCUT2D eigenvalue weighted by molar-refractivity contribution is -0.315. The Morgan fingerprint density at radius 3 is 2.49 bits per heavy atom. The molecule has 1 saturated heterocycles. The minimum Gasteiger partial charge on any atom is -0.458 e. The number of carbonyl (C=O) groups is 3. The van der Waals surface area contributed by atoms with Crippen LogP contribution in [0.25, 0.3) is 0 Å². The summed E-state index contributed by atoms with van der Waals surface area (Å²) in [6.45, 7) is 7.99. The molecule has 4 aliphatic carbocycles. The molecule has 0 amide bonds. The zero-order chi connectivity index (χ0) is 29.3. The van der Waals surface area contributed by atoms with Crippen molar-refractivity contribution in [1.82, 2.24) is 0 Å². The van der Waals surface area contributed by atoms with Gasteiger partial charge in [0.05, 0.1) is 12.2 Å². The normalized spacial score (nSPS) is 49.4. The Kier molecular flexibility index (Phi) is 7.44. The average Bonchev–Trinajstić information content (AvgIpc) is 3.34. The number of esters is 2. The Morgan fingerprint density at radius 2 is 1.80 bits per heavy atom. The van der Waals surface area contributed by atoms with E-state index in [1.54, 1.807) is 13.0 Å². The SMILES string of the molecule is COC1C(O)C(C)OC(OC2CCC3(C)C(CCC45CCC(C6=CC(=O)OC6)C(C)(CCC43)C5=O)C2)C1OC(C)=O. The molecule has 12 atom stereocenters. The van der Waals surface area contributed by atoms with E-state index in [1.165, 1.54) is 14.0 Å². The molecule has 0 aromatic rings. The van der Waals surface area contributed by atoms with E-state index in [0.717, 1.165) is 63.4 Å². The molecule has 1 N–H and O–H groups in total. The first-order valence-corrected chi connectivity index (χ1v) is 15.5. The lowest BCUT2D eigenvalue weighted by Gasteiger charge is -2.66. The molecule has 5 fully saturated rings. The third-order valence-electron chi connectivity index (χ3n) is 12.2. The predicted molar refractivity (Wildman–Crippen MR) is 146 cm³/mol. The number of ether oxygens (including phenoxy) is 5. The summed E-state index contributed by atoms with van der Waals surface area (Å²) in [5.41, 5.74) is 0.346. The van der Waals surface area contributed by atoms with Gasteiger partial charge in [-0.05, 0) is 93.5 Å². The Balaban J connectivity index is 1.18. The third kappa shape index (κ3) is 4.52. The van der Waals surface area contributed by atoms with Crippen molar-refractivity contribution in [1.29, 1.82) is 0 Å². The molecule has 0 aromatic heterocycles. The van der Waals surface area contributed by atoms with Gasteiger partial charge in [0.2, 0.25) is 0 Å². The van der Waals surface area contributed by atoms with Gasteiger partial charge in [-0.15, -0.1) is 0 Å². The molecule has 0 aromatic carbocycles. The van der Waals surface area contributed by atoms with Crippen LogP contribution >= 0.6 is 0 Å². The van der Waals surface area contributed by atoms with E-state index < -0.39 is 42.1 Å². The second-order valence-corrected chi connectivity index (χ2v) is 14.2. The van der Waals surface area contributed by atoms with Gasteiger partial charge in [0.25, 0.3) is 0 Å². The van der Waals surface area contributed by atoms with Crippen LogP contribution in [0.4, 0.5) is 0 Å². The Hall–Kier alpha value is -1.81. The summed E-state index contributed by atoms with van der Waals surface area (Å²) in [6.07, 6.45) is 5.96. The number of hydrogen-bond acceptors (Lipinski definition) is 9. The fraction of sp³-hybridized carbons (Fsp3) is 0.844. The van der Waals surface area contributed by atoms with Crippen molar-refractivity contribution in [2.45, 2.75) is 122 Å². The molecule has 228 valence electrons. The number of methoxy groups -OCH3 is 1. The highest BCUT2D eigenvalue weighted by Gasteiger charge is 2.68. The van der Waals surface area contributed by atoms with Gasteiger partial charge in [-0.2, -0.15) is 0 Å². The van der Waals surface area contributed by atoms with Gasteiger partial charge >= 0.3 is 11.9 Å². The molecule has 6 aliphatic rings. The lowest BCUT2D eigenvalue weighted by atomic mass is 9.37. The summed E-state index contributed by atoms with van der Waals surface area (Å²) in [5.74, 6) is 0.538. The molecule has 1 spiro atoms. The maximum Gasteiger partial charge on any atom is 0.331 e. The second kappa shape index (κ2) is 10.4. The van der Waals surface area contributed by atoms with Gasteiger partial charge in [0, 0.05) is 30.9 Å². The monoisotopic (exact) mass is 574 g/mol. The van der Waals surface area contributed by atoms with Crippen LogP contribution < -0.4 is 0 Å². The Morgan fingerprint density at radius 1 is 1.05 bits per heavy atom. The quantitative estimate of drug-likeness (QED) is 0.385. The molecule has 2 heterocycles. The maximum atomic E-state index is 14.5. The molecule has 4 saturated carbocycles. The van der Waals surface area contributed by atoms with Crippen LogP contribution in [0.15, 0.2) is 11.6 Å². The lowest BCUT2D eigenvalue weighted by Crippen LogP contribution is -2.65. The second-order valence-electron chi connectivity index (χ2n) is 14.2. The first-order chi connectivity index (χ1) is 19.4. The largest absolute Gasteiger partial charge is 0.458 e. The van der Waals surface area contributed by atoms with Crippen molar-refractivity contribution >= 4 is 17.7 Å². The molecular formula is C32H46O9. The fourth-order valence-corrected chi connectivity index (χ4v) is 10.2. The van der Waals surface area contributed by atoms with E-state index in [2.05, 4.69) is 13.8 Å². The van der Waals surface area contributed by atoms with Crippen molar-refractivity contribution < 1.29 is 43.2 Å². The fourth-order valence-electron chi connectivity index (χ4n) is 10.2. The smallest absolute Gasteiger partial charge is 0.331 e. The van der Waals surface area contributed by atoms with Crippen LogP contribution in [-0.2, 0) is 38.1 Å². The highest BCUT2D eigenvalue weighted by molar-refractivity contribution is 5.93. The molecule has 6 rings (SSSR count). The molecule has 2 bridgehead atoms.